The number of urea groups is 1. The molecule has 0 radical (unpaired) electrons. The van der Waals surface area contributed by atoms with Crippen LogP contribution in [-0.2, 0) is 5.75 Å². The molecule has 1 aromatic carbocycles. The normalized spacial score (nSPS) is 17.5. The molecule has 0 bridgehead atoms. The van der Waals surface area contributed by atoms with Crippen LogP contribution in [0.15, 0.2) is 30.3 Å². The second-order valence-electron chi connectivity index (χ2n) is 5.11. The van der Waals surface area contributed by atoms with Gasteiger partial charge in [-0.25, -0.2) is 13.6 Å². The number of carbonyl (C=O) groups excluding carboxylic acids is 1. The molecule has 2 rings (SSSR count). The Bertz CT molecular complexity index is 446. The number of piperidine rings is 1. The summed E-state index contributed by atoms with van der Waals surface area (Å²) in [5.74, 6) is -0.889. The van der Waals surface area contributed by atoms with E-state index in [4.69, 9.17) is 0 Å². The largest absolute Gasteiger partial charge is 0.337 e. The number of carbonyl (C=O) groups is 1. The Morgan fingerprint density at radius 1 is 1.24 bits per heavy atom. The van der Waals surface area contributed by atoms with Crippen LogP contribution in [-0.4, -0.2) is 42.2 Å². The Kier molecular flexibility index (Phi) is 5.85. The van der Waals surface area contributed by atoms with Crippen molar-refractivity contribution >= 4 is 17.8 Å². The molecule has 0 unspecified atom stereocenters. The molecule has 116 valence electrons. The number of hydrogen-bond acceptors (Lipinski definition) is 2. The van der Waals surface area contributed by atoms with Gasteiger partial charge in [-0.15, -0.1) is 0 Å². The first-order valence-corrected chi connectivity index (χ1v) is 8.25. The Morgan fingerprint density at radius 2 is 1.90 bits per heavy atom. The van der Waals surface area contributed by atoms with Crippen molar-refractivity contribution in [1.29, 1.82) is 0 Å². The van der Waals surface area contributed by atoms with Gasteiger partial charge in [0.05, 0.1) is 0 Å². The van der Waals surface area contributed by atoms with Crippen LogP contribution >= 0.6 is 11.8 Å². The van der Waals surface area contributed by atoms with Crippen LogP contribution in [0, 0.1) is 0 Å². The molecule has 0 atom stereocenters. The van der Waals surface area contributed by atoms with Gasteiger partial charge in [0.2, 0.25) is 0 Å². The highest BCUT2D eigenvalue weighted by Gasteiger charge is 2.35. The SMILES string of the molecule is O=C(NCCSCc1ccccc1)N1CCC(F)(F)CC1. The molecule has 1 fully saturated rings. The number of likely N-dealkylation sites (tertiary alicyclic amines) is 1. The summed E-state index contributed by atoms with van der Waals surface area (Å²) in [5, 5.41) is 2.79. The predicted molar refractivity (Wildman–Crippen MR) is 81.8 cm³/mol. The molecule has 1 N–H and O–H groups in total. The molecule has 1 aliphatic rings. The average Bonchev–Trinajstić information content (AvgIpc) is 2.47. The van der Waals surface area contributed by atoms with Gasteiger partial charge in [-0.2, -0.15) is 11.8 Å². The Hall–Kier alpha value is -1.30. The first kappa shape index (κ1) is 16.1. The molecular weight excluding hydrogens is 294 g/mol. The molecular formula is C15H20F2N2OS. The number of thioether (sulfide) groups is 1. The Balaban J connectivity index is 1.57. The minimum Gasteiger partial charge on any atom is -0.337 e. The van der Waals surface area contributed by atoms with Gasteiger partial charge in [-0.1, -0.05) is 30.3 Å². The highest BCUT2D eigenvalue weighted by molar-refractivity contribution is 7.98. The van der Waals surface area contributed by atoms with E-state index in [0.29, 0.717) is 6.54 Å². The van der Waals surface area contributed by atoms with E-state index in [9.17, 15) is 13.6 Å². The fraction of sp³-hybridized carbons (Fsp3) is 0.533. The molecule has 2 amide bonds. The van der Waals surface area contributed by atoms with E-state index in [1.807, 2.05) is 18.2 Å². The van der Waals surface area contributed by atoms with Crippen molar-refractivity contribution in [2.24, 2.45) is 0 Å². The number of nitrogens with zero attached hydrogens (tertiary/aromatic N) is 1. The van der Waals surface area contributed by atoms with Gasteiger partial charge in [-0.3, -0.25) is 0 Å². The maximum atomic E-state index is 13.0. The van der Waals surface area contributed by atoms with E-state index in [2.05, 4.69) is 17.4 Å². The number of benzene rings is 1. The van der Waals surface area contributed by atoms with E-state index in [1.165, 1.54) is 10.5 Å². The van der Waals surface area contributed by atoms with Gasteiger partial charge in [-0.05, 0) is 5.56 Å². The van der Waals surface area contributed by atoms with Crippen molar-refractivity contribution < 1.29 is 13.6 Å². The number of nitrogens with one attached hydrogen (secondary N) is 1. The number of amides is 2. The lowest BCUT2D eigenvalue weighted by atomic mass is 10.1. The number of halogens is 2. The summed E-state index contributed by atoms with van der Waals surface area (Å²) in [6, 6.07) is 9.90. The molecule has 0 saturated carbocycles. The summed E-state index contributed by atoms with van der Waals surface area (Å²) in [5.41, 5.74) is 1.26. The zero-order chi connectivity index (χ0) is 15.1. The lowest BCUT2D eigenvalue weighted by Crippen LogP contribution is -2.47. The average molecular weight is 314 g/mol. The zero-order valence-electron chi connectivity index (χ0n) is 11.9. The van der Waals surface area contributed by atoms with E-state index in [0.717, 1.165) is 11.5 Å². The highest BCUT2D eigenvalue weighted by Crippen LogP contribution is 2.27. The number of hydrogen-bond donors (Lipinski definition) is 1. The van der Waals surface area contributed by atoms with Crippen molar-refractivity contribution in [3.05, 3.63) is 35.9 Å². The van der Waals surface area contributed by atoms with E-state index in [1.54, 1.807) is 11.8 Å². The van der Waals surface area contributed by atoms with E-state index >= 15 is 0 Å². The third kappa shape index (κ3) is 5.53. The highest BCUT2D eigenvalue weighted by atomic mass is 32.2. The molecule has 21 heavy (non-hydrogen) atoms. The molecule has 0 spiro atoms. The van der Waals surface area contributed by atoms with Gasteiger partial charge < -0.3 is 10.2 Å². The van der Waals surface area contributed by atoms with Gasteiger partial charge in [0, 0.05) is 44.0 Å². The maximum Gasteiger partial charge on any atom is 0.317 e. The predicted octanol–water partition coefficient (Wildman–Crippen LogP) is 3.36. The van der Waals surface area contributed by atoms with Crippen LogP contribution in [0.4, 0.5) is 13.6 Å². The quantitative estimate of drug-likeness (QED) is 0.845. The van der Waals surface area contributed by atoms with Crippen LogP contribution < -0.4 is 5.32 Å². The monoisotopic (exact) mass is 314 g/mol. The Labute approximate surface area is 128 Å². The van der Waals surface area contributed by atoms with Crippen LogP contribution in [0.25, 0.3) is 0 Å². The maximum absolute atomic E-state index is 13.0. The van der Waals surface area contributed by atoms with Gasteiger partial charge in [0.25, 0.3) is 5.92 Å². The molecule has 6 heteroatoms. The van der Waals surface area contributed by atoms with Crippen LogP contribution in [0.2, 0.25) is 0 Å². The third-order valence-electron chi connectivity index (χ3n) is 3.42. The fourth-order valence-electron chi connectivity index (χ4n) is 2.14. The smallest absolute Gasteiger partial charge is 0.317 e. The van der Waals surface area contributed by atoms with Gasteiger partial charge >= 0.3 is 6.03 Å². The summed E-state index contributed by atoms with van der Waals surface area (Å²) < 4.78 is 26.0. The molecule has 1 heterocycles. The molecule has 1 aliphatic heterocycles. The van der Waals surface area contributed by atoms with Crippen molar-refractivity contribution in [3.63, 3.8) is 0 Å². The first-order valence-electron chi connectivity index (χ1n) is 7.09. The number of rotatable bonds is 5. The first-order chi connectivity index (χ1) is 10.1. The second kappa shape index (κ2) is 7.64. The molecule has 0 aliphatic carbocycles. The van der Waals surface area contributed by atoms with Crippen molar-refractivity contribution in [1.82, 2.24) is 10.2 Å². The van der Waals surface area contributed by atoms with Crippen molar-refractivity contribution in [3.8, 4) is 0 Å². The van der Waals surface area contributed by atoms with Crippen molar-refractivity contribution in [2.75, 3.05) is 25.4 Å². The fourth-order valence-corrected chi connectivity index (χ4v) is 2.96. The molecule has 0 aromatic heterocycles. The number of alkyl halides is 2. The standard InChI is InChI=1S/C15H20F2N2OS/c16-15(17)6-9-19(10-7-15)14(20)18-8-11-21-12-13-4-2-1-3-5-13/h1-5H,6-12H2,(H,18,20). The van der Waals surface area contributed by atoms with E-state index < -0.39 is 5.92 Å². The molecule has 3 nitrogen and oxygen atoms in total. The second-order valence-corrected chi connectivity index (χ2v) is 6.22. The van der Waals surface area contributed by atoms with Gasteiger partial charge in [0.15, 0.2) is 0 Å². The zero-order valence-corrected chi connectivity index (χ0v) is 12.7. The lowest BCUT2D eigenvalue weighted by molar-refractivity contribution is -0.0469. The molecule has 1 aromatic rings. The van der Waals surface area contributed by atoms with Crippen molar-refractivity contribution in [2.45, 2.75) is 24.5 Å². The van der Waals surface area contributed by atoms with Crippen LogP contribution in [0.1, 0.15) is 18.4 Å². The topological polar surface area (TPSA) is 32.3 Å². The summed E-state index contributed by atoms with van der Waals surface area (Å²) in [6.45, 7) is 0.829. The summed E-state index contributed by atoms with van der Waals surface area (Å²) in [6.07, 6.45) is -0.466. The summed E-state index contributed by atoms with van der Waals surface area (Å²) in [7, 11) is 0. The lowest BCUT2D eigenvalue weighted by Gasteiger charge is -2.31. The minimum atomic E-state index is -2.61. The summed E-state index contributed by atoms with van der Waals surface area (Å²) in [4.78, 5) is 13.3. The van der Waals surface area contributed by atoms with Gasteiger partial charge in [0.1, 0.15) is 0 Å². The van der Waals surface area contributed by atoms with Crippen LogP contribution in [0.5, 0.6) is 0 Å². The minimum absolute atomic E-state index is 0.135. The van der Waals surface area contributed by atoms with E-state index in [-0.39, 0.29) is 32.0 Å². The third-order valence-corrected chi connectivity index (χ3v) is 4.45. The molecule has 1 saturated heterocycles. The summed E-state index contributed by atoms with van der Waals surface area (Å²) >= 11 is 1.74. The van der Waals surface area contributed by atoms with Crippen LogP contribution in [0.3, 0.4) is 0 Å². The Morgan fingerprint density at radius 3 is 2.57 bits per heavy atom.